The van der Waals surface area contributed by atoms with Crippen molar-refractivity contribution in [1.29, 1.82) is 0 Å². The van der Waals surface area contributed by atoms with Crippen LogP contribution >= 0.6 is 11.6 Å². The Bertz CT molecular complexity index is 683. The lowest BCUT2D eigenvalue weighted by Crippen LogP contribution is -2.52. The van der Waals surface area contributed by atoms with Gasteiger partial charge in [0.1, 0.15) is 4.90 Å². The molecule has 0 radical (unpaired) electrons. The largest absolute Gasteiger partial charge is 0.481 e. The Morgan fingerprint density at radius 1 is 1.33 bits per heavy atom. The Morgan fingerprint density at radius 3 is 2.38 bits per heavy atom. The maximum Gasteiger partial charge on any atom is 0.416 e. The Morgan fingerprint density at radius 2 is 1.90 bits per heavy atom. The van der Waals surface area contributed by atoms with Crippen molar-refractivity contribution in [2.75, 3.05) is 13.1 Å². The number of sulfonamides is 1. The van der Waals surface area contributed by atoms with E-state index in [-0.39, 0.29) is 18.1 Å². The predicted octanol–water partition coefficient (Wildman–Crippen LogP) is 2.06. The molecule has 0 spiro atoms. The number of alkyl halides is 3. The molecule has 0 aromatic heterocycles. The van der Waals surface area contributed by atoms with Crippen molar-refractivity contribution in [3.05, 3.63) is 28.8 Å². The normalized spacial score (nSPS) is 17.5. The maximum atomic E-state index is 12.6. The van der Waals surface area contributed by atoms with Crippen molar-refractivity contribution < 1.29 is 31.5 Å². The van der Waals surface area contributed by atoms with Gasteiger partial charge in [-0.2, -0.15) is 17.5 Å². The molecule has 0 bridgehead atoms. The molecule has 1 aromatic rings. The minimum Gasteiger partial charge on any atom is -0.481 e. The molecule has 1 aliphatic heterocycles. The van der Waals surface area contributed by atoms with E-state index in [4.69, 9.17) is 16.7 Å². The van der Waals surface area contributed by atoms with Crippen LogP contribution in [0.5, 0.6) is 0 Å². The number of carboxylic acids is 1. The minimum atomic E-state index is -4.70. The van der Waals surface area contributed by atoms with Gasteiger partial charge in [0.15, 0.2) is 0 Å². The number of carboxylic acid groups (broad SMARTS) is 1. The molecule has 0 aliphatic carbocycles. The fourth-order valence-corrected chi connectivity index (χ4v) is 3.84. The molecule has 2 rings (SSSR count). The van der Waals surface area contributed by atoms with Crippen LogP contribution in [0.3, 0.4) is 0 Å². The second-order valence-electron chi connectivity index (χ2n) is 4.50. The van der Waals surface area contributed by atoms with E-state index >= 15 is 0 Å². The smallest absolute Gasteiger partial charge is 0.416 e. The molecule has 0 unspecified atom stereocenters. The first-order valence-electron chi connectivity index (χ1n) is 5.63. The number of rotatable bonds is 3. The second-order valence-corrected chi connectivity index (χ2v) is 6.81. The summed E-state index contributed by atoms with van der Waals surface area (Å²) in [6.07, 6.45) is -4.70. The Hall–Kier alpha value is -1.32. The van der Waals surface area contributed by atoms with Crippen LogP contribution in [-0.2, 0) is 21.0 Å². The quantitative estimate of drug-likeness (QED) is 0.911. The van der Waals surface area contributed by atoms with Crippen molar-refractivity contribution in [2.24, 2.45) is 5.92 Å². The van der Waals surface area contributed by atoms with Crippen LogP contribution in [0.25, 0.3) is 0 Å². The van der Waals surface area contributed by atoms with Gasteiger partial charge in [-0.25, -0.2) is 8.42 Å². The Balaban J connectivity index is 2.35. The average Bonchev–Trinajstić information content (AvgIpc) is 2.24. The fourth-order valence-electron chi connectivity index (χ4n) is 1.81. The first-order valence-corrected chi connectivity index (χ1v) is 7.45. The van der Waals surface area contributed by atoms with E-state index in [1.54, 1.807) is 0 Å². The molecule has 116 valence electrons. The molecular weight excluding hydrogens is 335 g/mol. The number of halogens is 4. The molecule has 21 heavy (non-hydrogen) atoms. The highest BCUT2D eigenvalue weighted by atomic mass is 35.5. The summed E-state index contributed by atoms with van der Waals surface area (Å²) in [5.74, 6) is -2.01. The maximum absolute atomic E-state index is 12.6. The van der Waals surface area contributed by atoms with E-state index in [0.717, 1.165) is 10.4 Å². The van der Waals surface area contributed by atoms with Crippen LogP contribution in [0, 0.1) is 5.92 Å². The highest BCUT2D eigenvalue weighted by Crippen LogP contribution is 2.35. The number of benzene rings is 1. The highest BCUT2D eigenvalue weighted by molar-refractivity contribution is 7.89. The van der Waals surface area contributed by atoms with E-state index in [1.165, 1.54) is 0 Å². The van der Waals surface area contributed by atoms with E-state index in [1.807, 2.05) is 0 Å². The molecule has 1 saturated heterocycles. The summed E-state index contributed by atoms with van der Waals surface area (Å²) in [5, 5.41) is 8.35. The number of aliphatic carboxylic acids is 1. The van der Waals surface area contributed by atoms with Crippen LogP contribution < -0.4 is 0 Å². The standard InChI is InChI=1S/C11H9ClF3NO4S/c12-8-2-1-7(11(13,14)15)3-9(8)21(19,20)16-4-6(5-16)10(17)18/h1-3,6H,4-5H2,(H,17,18). The number of carbonyl (C=O) groups is 1. The summed E-state index contributed by atoms with van der Waals surface area (Å²) in [4.78, 5) is 9.97. The second kappa shape index (κ2) is 5.15. The van der Waals surface area contributed by atoms with Crippen LogP contribution in [0.2, 0.25) is 5.02 Å². The SMILES string of the molecule is O=C(O)C1CN(S(=O)(=O)c2cc(C(F)(F)F)ccc2Cl)C1. The van der Waals surface area contributed by atoms with Gasteiger partial charge >= 0.3 is 12.1 Å². The zero-order valence-corrected chi connectivity index (χ0v) is 11.8. The van der Waals surface area contributed by atoms with Crippen LogP contribution in [0.4, 0.5) is 13.2 Å². The molecule has 10 heteroatoms. The first kappa shape index (κ1) is 16.1. The Kier molecular flexibility index (Phi) is 3.94. The van der Waals surface area contributed by atoms with Gasteiger partial charge in [-0.15, -0.1) is 0 Å². The van der Waals surface area contributed by atoms with E-state index in [2.05, 4.69) is 0 Å². The molecule has 5 nitrogen and oxygen atoms in total. The first-order chi connectivity index (χ1) is 9.53. The topological polar surface area (TPSA) is 74.7 Å². The zero-order valence-electron chi connectivity index (χ0n) is 10.3. The highest BCUT2D eigenvalue weighted by Gasteiger charge is 2.42. The van der Waals surface area contributed by atoms with Crippen molar-refractivity contribution in [3.63, 3.8) is 0 Å². The molecule has 0 saturated carbocycles. The van der Waals surface area contributed by atoms with Gasteiger partial charge in [0.05, 0.1) is 16.5 Å². The fraction of sp³-hybridized carbons (Fsp3) is 0.364. The average molecular weight is 344 g/mol. The van der Waals surface area contributed by atoms with E-state index < -0.39 is 38.5 Å². The molecule has 1 heterocycles. The molecular formula is C11H9ClF3NO4S. The minimum absolute atomic E-state index is 0.287. The molecule has 0 amide bonds. The van der Waals surface area contributed by atoms with Crippen molar-refractivity contribution in [3.8, 4) is 0 Å². The Labute approximate surface area is 123 Å². The number of nitrogens with zero attached hydrogens (tertiary/aromatic N) is 1. The van der Waals surface area contributed by atoms with Gasteiger partial charge < -0.3 is 5.11 Å². The third kappa shape index (κ3) is 2.99. The summed E-state index contributed by atoms with van der Waals surface area (Å²) in [7, 11) is -4.24. The predicted molar refractivity (Wildman–Crippen MR) is 66.3 cm³/mol. The number of hydrogen-bond donors (Lipinski definition) is 1. The van der Waals surface area contributed by atoms with Gasteiger partial charge in [-0.05, 0) is 18.2 Å². The molecule has 1 aromatic carbocycles. The van der Waals surface area contributed by atoms with Gasteiger partial charge in [0, 0.05) is 13.1 Å². The molecule has 1 fully saturated rings. The summed E-state index contributed by atoms with van der Waals surface area (Å²) >= 11 is 5.67. The third-order valence-electron chi connectivity index (χ3n) is 3.07. The van der Waals surface area contributed by atoms with Crippen LogP contribution in [-0.4, -0.2) is 36.9 Å². The molecule has 1 N–H and O–H groups in total. The lowest BCUT2D eigenvalue weighted by molar-refractivity contribution is -0.145. The van der Waals surface area contributed by atoms with Gasteiger partial charge in [-0.3, -0.25) is 4.79 Å². The lowest BCUT2D eigenvalue weighted by atomic mass is 10.0. The molecule has 1 aliphatic rings. The third-order valence-corrected chi connectivity index (χ3v) is 5.39. The summed E-state index contributed by atoms with van der Waals surface area (Å²) < 4.78 is 63.0. The van der Waals surface area contributed by atoms with Gasteiger partial charge in [0.2, 0.25) is 10.0 Å². The number of hydrogen-bond acceptors (Lipinski definition) is 3. The van der Waals surface area contributed by atoms with Crippen molar-refractivity contribution in [2.45, 2.75) is 11.1 Å². The van der Waals surface area contributed by atoms with Crippen molar-refractivity contribution >= 4 is 27.6 Å². The van der Waals surface area contributed by atoms with Crippen LogP contribution in [0.1, 0.15) is 5.56 Å². The van der Waals surface area contributed by atoms with Gasteiger partial charge in [0.25, 0.3) is 0 Å². The summed E-state index contributed by atoms with van der Waals surface area (Å²) in [6, 6.07) is 1.98. The summed E-state index contributed by atoms with van der Waals surface area (Å²) in [5.41, 5.74) is -1.14. The zero-order chi connectivity index (χ0) is 16.0. The van der Waals surface area contributed by atoms with Gasteiger partial charge in [-0.1, -0.05) is 11.6 Å². The summed E-state index contributed by atoms with van der Waals surface area (Å²) in [6.45, 7) is -0.575. The molecule has 0 atom stereocenters. The van der Waals surface area contributed by atoms with E-state index in [9.17, 15) is 26.4 Å². The van der Waals surface area contributed by atoms with Crippen LogP contribution in [0.15, 0.2) is 23.1 Å². The lowest BCUT2D eigenvalue weighted by Gasteiger charge is -2.35. The monoisotopic (exact) mass is 343 g/mol. The van der Waals surface area contributed by atoms with Crippen molar-refractivity contribution in [1.82, 2.24) is 4.31 Å². The van der Waals surface area contributed by atoms with E-state index in [0.29, 0.717) is 12.1 Å².